The van der Waals surface area contributed by atoms with Gasteiger partial charge in [-0.05, 0) is 6.07 Å². The molecule has 2 rings (SSSR count). The molecule has 0 radical (unpaired) electrons. The summed E-state index contributed by atoms with van der Waals surface area (Å²) in [5, 5.41) is 25.3. The largest absolute Gasteiger partial charge is 0.722 e. The van der Waals surface area contributed by atoms with Crippen molar-refractivity contribution < 1.29 is 19.2 Å². The van der Waals surface area contributed by atoms with Crippen LogP contribution in [0.1, 0.15) is 5.56 Å². The summed E-state index contributed by atoms with van der Waals surface area (Å²) in [6.45, 7) is -0.0235. The van der Waals surface area contributed by atoms with Crippen LogP contribution in [-0.4, -0.2) is 28.7 Å². The summed E-state index contributed by atoms with van der Waals surface area (Å²) < 4.78 is 10.1. The molecule has 19 heavy (non-hydrogen) atoms. The lowest BCUT2D eigenvalue weighted by Gasteiger charge is -2.03. The molecule has 0 atom stereocenters. The van der Waals surface area contributed by atoms with E-state index in [9.17, 15) is 15.3 Å². The van der Waals surface area contributed by atoms with Crippen molar-refractivity contribution in [1.29, 1.82) is 0 Å². The van der Waals surface area contributed by atoms with E-state index in [-0.39, 0.29) is 28.6 Å². The van der Waals surface area contributed by atoms with Gasteiger partial charge in [0.05, 0.1) is 22.8 Å². The van der Waals surface area contributed by atoms with E-state index in [4.69, 9.17) is 20.9 Å². The van der Waals surface area contributed by atoms with Crippen LogP contribution < -0.4 is 20.9 Å². The molecule has 0 amide bonds. The SMILES string of the molecule is NC(N)=[N+]([O-])N=Cc1cc2c(cc1[N+](=O)[O-])OCO2. The number of guanidine groups is 1. The minimum absolute atomic E-state index is 0.0235. The van der Waals surface area contributed by atoms with Crippen LogP contribution in [0.3, 0.4) is 0 Å². The Kier molecular flexibility index (Phi) is 3.06. The minimum atomic E-state index is -0.631. The summed E-state index contributed by atoms with van der Waals surface area (Å²) in [4.78, 5) is 10.2. The maximum atomic E-state index is 11.0. The number of nitrogens with two attached hydrogens (primary N) is 2. The second kappa shape index (κ2) is 4.68. The zero-order valence-corrected chi connectivity index (χ0v) is 9.48. The van der Waals surface area contributed by atoms with Gasteiger partial charge in [0.1, 0.15) is 0 Å². The van der Waals surface area contributed by atoms with E-state index in [0.29, 0.717) is 5.75 Å². The van der Waals surface area contributed by atoms with Gasteiger partial charge in [-0.3, -0.25) is 21.6 Å². The number of fused-ring (bicyclic) bond motifs is 1. The van der Waals surface area contributed by atoms with Gasteiger partial charge in [-0.2, -0.15) is 0 Å². The van der Waals surface area contributed by atoms with Gasteiger partial charge in [0, 0.05) is 0 Å². The number of nitro benzene ring substituents is 1. The topological polar surface area (TPSA) is 152 Å². The normalized spacial score (nSPS) is 12.6. The van der Waals surface area contributed by atoms with Crippen molar-refractivity contribution in [3.8, 4) is 11.5 Å². The van der Waals surface area contributed by atoms with E-state index in [0.717, 1.165) is 6.21 Å². The molecule has 0 unspecified atom stereocenters. The molecule has 1 aliphatic rings. The lowest BCUT2D eigenvalue weighted by molar-refractivity contribution is -0.464. The average molecular weight is 267 g/mol. The van der Waals surface area contributed by atoms with Gasteiger partial charge in [-0.15, -0.1) is 9.95 Å². The Morgan fingerprint density at radius 1 is 1.32 bits per heavy atom. The number of ether oxygens (including phenoxy) is 2. The summed E-state index contributed by atoms with van der Waals surface area (Å²) in [6.07, 6.45) is 0.965. The molecule has 10 nitrogen and oxygen atoms in total. The Labute approximate surface area is 106 Å². The lowest BCUT2D eigenvalue weighted by atomic mass is 10.1. The van der Waals surface area contributed by atoms with Crippen molar-refractivity contribution in [2.75, 3.05) is 6.79 Å². The fourth-order valence-corrected chi connectivity index (χ4v) is 1.39. The van der Waals surface area contributed by atoms with Crippen molar-refractivity contribution in [2.24, 2.45) is 16.6 Å². The fraction of sp³-hybridized carbons (Fsp3) is 0.111. The first kappa shape index (κ1) is 12.4. The van der Waals surface area contributed by atoms with Gasteiger partial charge in [0.15, 0.2) is 11.5 Å². The zero-order chi connectivity index (χ0) is 14.0. The average Bonchev–Trinajstić information content (AvgIpc) is 2.81. The number of benzene rings is 1. The molecule has 1 aliphatic heterocycles. The highest BCUT2D eigenvalue weighted by Gasteiger charge is 2.22. The molecule has 100 valence electrons. The highest BCUT2D eigenvalue weighted by atomic mass is 16.7. The molecule has 1 aromatic carbocycles. The van der Waals surface area contributed by atoms with Gasteiger partial charge in [0.25, 0.3) is 5.69 Å². The Hall–Kier alpha value is -3.04. The Morgan fingerprint density at radius 3 is 2.53 bits per heavy atom. The summed E-state index contributed by atoms with van der Waals surface area (Å²) in [5.74, 6) is 0.00146. The number of nitrogens with zero attached hydrogens (tertiary/aromatic N) is 3. The van der Waals surface area contributed by atoms with Crippen molar-refractivity contribution in [1.82, 2.24) is 0 Å². The maximum absolute atomic E-state index is 11.0. The predicted octanol–water partition coefficient (Wildman–Crippen LogP) is -0.559. The molecule has 0 aromatic heterocycles. The molecule has 10 heteroatoms. The maximum Gasteiger partial charge on any atom is 0.366 e. The number of hydrazone groups is 1. The van der Waals surface area contributed by atoms with Crippen LogP contribution in [-0.2, 0) is 0 Å². The van der Waals surface area contributed by atoms with E-state index >= 15 is 0 Å². The number of rotatable bonds is 3. The molecule has 0 bridgehead atoms. The van der Waals surface area contributed by atoms with Gasteiger partial charge in [0.2, 0.25) is 6.79 Å². The monoisotopic (exact) mass is 267 g/mol. The van der Waals surface area contributed by atoms with Crippen LogP contribution >= 0.6 is 0 Å². The fourth-order valence-electron chi connectivity index (χ4n) is 1.39. The molecular formula is C9H9N5O5. The summed E-state index contributed by atoms with van der Waals surface area (Å²) in [5.41, 5.74) is 9.79. The molecule has 0 saturated carbocycles. The van der Waals surface area contributed by atoms with Crippen LogP contribution in [0.25, 0.3) is 0 Å². The minimum Gasteiger partial charge on any atom is -0.722 e. The van der Waals surface area contributed by atoms with E-state index in [1.165, 1.54) is 12.1 Å². The van der Waals surface area contributed by atoms with Gasteiger partial charge >= 0.3 is 5.96 Å². The number of nitro groups is 1. The van der Waals surface area contributed by atoms with Crippen LogP contribution in [0.4, 0.5) is 5.69 Å². The van der Waals surface area contributed by atoms with Crippen LogP contribution in [0.2, 0.25) is 0 Å². The second-order valence-corrected chi connectivity index (χ2v) is 3.46. The third-order valence-electron chi connectivity index (χ3n) is 2.24. The Morgan fingerprint density at radius 2 is 1.95 bits per heavy atom. The third-order valence-corrected chi connectivity index (χ3v) is 2.24. The molecule has 0 fully saturated rings. The number of hydrogen-bond acceptors (Lipinski definition) is 6. The van der Waals surface area contributed by atoms with Crippen LogP contribution in [0.5, 0.6) is 11.5 Å². The lowest BCUT2D eigenvalue weighted by Crippen LogP contribution is -2.30. The smallest absolute Gasteiger partial charge is 0.366 e. The van der Waals surface area contributed by atoms with Crippen molar-refractivity contribution in [3.05, 3.63) is 33.0 Å². The van der Waals surface area contributed by atoms with E-state index in [1.807, 2.05) is 0 Å². The Bertz CT molecular complexity index is 593. The van der Waals surface area contributed by atoms with Crippen molar-refractivity contribution in [2.45, 2.75) is 0 Å². The van der Waals surface area contributed by atoms with E-state index < -0.39 is 10.9 Å². The van der Waals surface area contributed by atoms with Gasteiger partial charge in [-0.1, -0.05) is 0 Å². The summed E-state index contributed by atoms with van der Waals surface area (Å²) >= 11 is 0. The molecule has 4 N–H and O–H groups in total. The predicted molar refractivity (Wildman–Crippen MR) is 63.8 cm³/mol. The summed E-state index contributed by atoms with van der Waals surface area (Å²) in [6, 6.07) is 2.53. The first-order valence-electron chi connectivity index (χ1n) is 4.96. The molecule has 0 saturated heterocycles. The standard InChI is InChI=1S/C9H9N5O5/c10-9(11)13(15)12-3-5-1-7-8(19-4-18-7)2-6(5)14(16)17/h1-3H,4,10-11H2. The molecule has 0 spiro atoms. The second-order valence-electron chi connectivity index (χ2n) is 3.46. The highest BCUT2D eigenvalue weighted by molar-refractivity contribution is 5.87. The van der Waals surface area contributed by atoms with Crippen LogP contribution in [0.15, 0.2) is 17.2 Å². The highest BCUT2D eigenvalue weighted by Crippen LogP contribution is 2.37. The molecule has 1 aromatic rings. The molecule has 1 heterocycles. The van der Waals surface area contributed by atoms with Gasteiger partial charge < -0.3 is 14.7 Å². The molecule has 0 aliphatic carbocycles. The van der Waals surface area contributed by atoms with Crippen LogP contribution in [0, 0.1) is 15.3 Å². The first-order chi connectivity index (χ1) is 8.99. The van der Waals surface area contributed by atoms with Crippen molar-refractivity contribution in [3.63, 3.8) is 0 Å². The molecular weight excluding hydrogens is 258 g/mol. The van der Waals surface area contributed by atoms with E-state index in [1.54, 1.807) is 0 Å². The van der Waals surface area contributed by atoms with E-state index in [2.05, 4.69) is 5.10 Å². The zero-order valence-electron chi connectivity index (χ0n) is 9.48. The van der Waals surface area contributed by atoms with Gasteiger partial charge in [-0.25, -0.2) is 0 Å². The first-order valence-corrected chi connectivity index (χ1v) is 4.96. The van der Waals surface area contributed by atoms with Crippen molar-refractivity contribution >= 4 is 17.9 Å². The quantitative estimate of drug-likeness (QED) is 0.186. The summed E-state index contributed by atoms with van der Waals surface area (Å²) in [7, 11) is 0. The Balaban J connectivity index is 2.44. The number of hydrogen-bond donors (Lipinski definition) is 2. The third kappa shape index (κ3) is 2.46.